The van der Waals surface area contributed by atoms with Crippen molar-refractivity contribution in [3.63, 3.8) is 0 Å². The zero-order chi connectivity index (χ0) is 37.0. The van der Waals surface area contributed by atoms with Crippen molar-refractivity contribution in [2.75, 3.05) is 6.61 Å². The van der Waals surface area contributed by atoms with Crippen LogP contribution in [0.2, 0.25) is 0 Å². The van der Waals surface area contributed by atoms with Crippen molar-refractivity contribution < 1.29 is 84.1 Å². The Hall–Kier alpha value is -3.13. The van der Waals surface area contributed by atoms with E-state index in [-0.39, 0.29) is 11.4 Å². The molecule has 274 valence electrons. The number of unbranched alkanes of at least 4 members (excludes halogenated alkanes) is 5. The van der Waals surface area contributed by atoms with E-state index in [9.17, 15) is 74.6 Å². The van der Waals surface area contributed by atoms with E-state index < -0.39 is 60.4 Å². The van der Waals surface area contributed by atoms with Crippen LogP contribution in [0.25, 0.3) is 11.4 Å². The maximum absolute atomic E-state index is 14.0. The lowest BCUT2D eigenvalue weighted by Crippen LogP contribution is -2.71. The first kappa shape index (κ1) is 41.0. The maximum atomic E-state index is 14.0. The number of alkyl halides is 17. The van der Waals surface area contributed by atoms with Crippen molar-refractivity contribution in [1.29, 1.82) is 0 Å². The molecule has 1 aromatic carbocycles. The molecular weight excluding hydrogens is 707 g/mol. The lowest BCUT2D eigenvalue weighted by molar-refractivity contribution is -0.508. The van der Waals surface area contributed by atoms with E-state index in [1.165, 1.54) is 12.4 Å². The fourth-order valence-electron chi connectivity index (χ4n) is 3.76. The van der Waals surface area contributed by atoms with Crippen molar-refractivity contribution in [1.82, 2.24) is 9.97 Å². The third-order valence-corrected chi connectivity index (χ3v) is 6.64. The van der Waals surface area contributed by atoms with Gasteiger partial charge in [-0.3, -0.25) is 0 Å². The smallest absolute Gasteiger partial charge is 0.460 e. The van der Waals surface area contributed by atoms with Crippen LogP contribution in [0.5, 0.6) is 5.75 Å². The summed E-state index contributed by atoms with van der Waals surface area (Å²) >= 11 is 0. The molecule has 0 aliphatic heterocycles. The van der Waals surface area contributed by atoms with Crippen LogP contribution < -0.4 is 4.74 Å². The highest BCUT2D eigenvalue weighted by molar-refractivity contribution is 5.55. The van der Waals surface area contributed by atoms with Crippen LogP contribution in [0, 0.1) is 0 Å². The van der Waals surface area contributed by atoms with E-state index in [1.54, 1.807) is 4.74 Å². The van der Waals surface area contributed by atoms with Gasteiger partial charge in [-0.25, -0.2) is 14.7 Å². The molecular formula is C27H25F17N2O2. The number of ether oxygens (including phenoxy) is 2. The number of hydrogen-bond donors (Lipinski definition) is 0. The van der Waals surface area contributed by atoms with Gasteiger partial charge in [0, 0.05) is 18.0 Å². The van der Waals surface area contributed by atoms with E-state index in [0.717, 1.165) is 68.4 Å². The summed E-state index contributed by atoms with van der Waals surface area (Å²) in [4.78, 5) is 8.24. The zero-order valence-electron chi connectivity index (χ0n) is 24.3. The van der Waals surface area contributed by atoms with Crippen molar-refractivity contribution in [3.8, 4) is 17.1 Å². The Morgan fingerprint density at radius 3 is 1.54 bits per heavy atom. The molecule has 0 atom stereocenters. The topological polar surface area (TPSA) is 44.2 Å². The quantitative estimate of drug-likeness (QED) is 0.113. The molecule has 0 saturated carbocycles. The van der Waals surface area contributed by atoms with Crippen LogP contribution in [0.3, 0.4) is 0 Å². The Kier molecular flexibility index (Phi) is 12.3. The third kappa shape index (κ3) is 8.35. The number of benzene rings is 1. The highest BCUT2D eigenvalue weighted by atomic mass is 19.4. The summed E-state index contributed by atoms with van der Waals surface area (Å²) in [5, 5.41) is 0. The number of hydrogen-bond acceptors (Lipinski definition) is 4. The van der Waals surface area contributed by atoms with Gasteiger partial charge in [-0.05, 0) is 42.7 Å². The molecule has 21 heteroatoms. The normalized spacial score (nSPS) is 14.4. The van der Waals surface area contributed by atoms with Gasteiger partial charge in [0.25, 0.3) is 0 Å². The number of halogens is 17. The fourth-order valence-corrected chi connectivity index (χ4v) is 3.76. The average molecular weight is 732 g/mol. The molecule has 0 N–H and O–H groups in total. The summed E-state index contributed by atoms with van der Waals surface area (Å²) < 4.78 is 232. The number of aromatic nitrogens is 2. The molecule has 0 amide bonds. The van der Waals surface area contributed by atoms with Gasteiger partial charge in [0.15, 0.2) is 12.4 Å². The van der Waals surface area contributed by atoms with Crippen LogP contribution in [0.1, 0.15) is 51.0 Å². The minimum atomic E-state index is -8.52. The molecule has 0 saturated heterocycles. The Morgan fingerprint density at radius 2 is 1.04 bits per heavy atom. The maximum Gasteiger partial charge on any atom is 0.460 e. The third-order valence-electron chi connectivity index (χ3n) is 6.64. The van der Waals surface area contributed by atoms with Crippen molar-refractivity contribution in [2.24, 2.45) is 0 Å². The first-order valence-corrected chi connectivity index (χ1v) is 13.6. The lowest BCUT2D eigenvalue weighted by Gasteiger charge is -2.40. The van der Waals surface area contributed by atoms with E-state index >= 15 is 0 Å². The molecule has 0 aliphatic carbocycles. The van der Waals surface area contributed by atoms with Gasteiger partial charge in [-0.2, -0.15) is 74.6 Å². The van der Waals surface area contributed by atoms with Crippen molar-refractivity contribution in [3.05, 3.63) is 42.2 Å². The van der Waals surface area contributed by atoms with E-state index in [2.05, 4.69) is 21.6 Å². The molecule has 2 rings (SSSR count). The second-order valence-electron chi connectivity index (χ2n) is 10.4. The number of aryl methyl sites for hydroxylation is 1. The van der Waals surface area contributed by atoms with Crippen LogP contribution in [0.4, 0.5) is 74.6 Å². The first-order chi connectivity index (χ1) is 21.7. The summed E-state index contributed by atoms with van der Waals surface area (Å²) in [5.41, 5.74) is 1.03. The van der Waals surface area contributed by atoms with Gasteiger partial charge >= 0.3 is 48.0 Å². The molecule has 1 heterocycles. The zero-order valence-corrected chi connectivity index (χ0v) is 24.3. The van der Waals surface area contributed by atoms with E-state index in [1.807, 2.05) is 0 Å². The molecule has 4 nitrogen and oxygen atoms in total. The Morgan fingerprint density at radius 1 is 0.562 bits per heavy atom. The average Bonchev–Trinajstić information content (AvgIpc) is 2.97. The molecule has 0 aliphatic rings. The van der Waals surface area contributed by atoms with Crippen LogP contribution in [0.15, 0.2) is 36.7 Å². The molecule has 0 bridgehead atoms. The predicted molar refractivity (Wildman–Crippen MR) is 132 cm³/mol. The van der Waals surface area contributed by atoms with Crippen LogP contribution >= 0.6 is 0 Å². The highest BCUT2D eigenvalue weighted by Gasteiger charge is 2.92. The Labute approximate surface area is 260 Å². The second kappa shape index (κ2) is 14.4. The molecule has 48 heavy (non-hydrogen) atoms. The van der Waals surface area contributed by atoms with Crippen LogP contribution in [-0.4, -0.2) is 64.6 Å². The fraction of sp³-hybridized carbons (Fsp3) is 0.630. The summed E-state index contributed by atoms with van der Waals surface area (Å²) in [6.45, 7) is -0.649. The standard InChI is InChI=1S/C27H25F17N2O2/c1-2-3-4-5-6-7-8-16-13-45-19(46-14-16)17-9-11-18(12-10-17)47-15-20(28,29)26(41,42)48-27(43,44)24(36,37)22(32,33)21(30,31)23(34,35)25(38,39)40/h9-14H,2-8,15H2,1H3. The van der Waals surface area contributed by atoms with Crippen molar-refractivity contribution >= 4 is 0 Å². The van der Waals surface area contributed by atoms with Gasteiger partial charge in [0.1, 0.15) is 5.75 Å². The van der Waals surface area contributed by atoms with Gasteiger partial charge in [-0.1, -0.05) is 39.0 Å². The minimum Gasteiger partial charge on any atom is -0.487 e. The summed E-state index contributed by atoms with van der Waals surface area (Å²) in [5.74, 6) is -40.3. The highest BCUT2D eigenvalue weighted by Crippen LogP contribution is 2.61. The van der Waals surface area contributed by atoms with Crippen molar-refractivity contribution in [2.45, 2.75) is 99.9 Å². The summed E-state index contributed by atoms with van der Waals surface area (Å²) in [6, 6.07) is 3.89. The number of nitrogens with zero attached hydrogens (tertiary/aromatic N) is 2. The summed E-state index contributed by atoms with van der Waals surface area (Å²) in [6.07, 6.45) is -12.7. The molecule has 0 spiro atoms. The van der Waals surface area contributed by atoms with Gasteiger partial charge in [0.05, 0.1) is 0 Å². The molecule has 2 aromatic rings. The monoisotopic (exact) mass is 732 g/mol. The summed E-state index contributed by atoms with van der Waals surface area (Å²) in [7, 11) is 0. The number of rotatable bonds is 18. The predicted octanol–water partition coefficient (Wildman–Crippen LogP) is 10.4. The van der Waals surface area contributed by atoms with Crippen LogP contribution in [-0.2, 0) is 11.2 Å². The SMILES string of the molecule is CCCCCCCCc1cnc(-c2ccc(OCC(F)(F)C(F)(F)OC(F)(F)C(F)(F)C(F)(F)C(F)(F)C(F)(F)C(F)(F)F)cc2)nc1. The Balaban J connectivity index is 2.11. The second-order valence-corrected chi connectivity index (χ2v) is 10.4. The molecule has 0 radical (unpaired) electrons. The van der Waals surface area contributed by atoms with E-state index in [0.29, 0.717) is 6.42 Å². The first-order valence-electron chi connectivity index (χ1n) is 13.6. The minimum absolute atomic E-state index is 0.108. The van der Waals surface area contributed by atoms with Gasteiger partial charge < -0.3 is 4.74 Å². The largest absolute Gasteiger partial charge is 0.487 e. The lowest BCUT2D eigenvalue weighted by atomic mass is 9.97. The molecule has 1 aromatic heterocycles. The molecule has 0 unspecified atom stereocenters. The molecule has 0 fully saturated rings. The van der Waals surface area contributed by atoms with E-state index in [4.69, 9.17) is 0 Å². The van der Waals surface area contributed by atoms with Gasteiger partial charge in [0.2, 0.25) is 0 Å². The Bertz CT molecular complexity index is 1320. The van der Waals surface area contributed by atoms with Gasteiger partial charge in [-0.15, -0.1) is 0 Å².